The number of nitrogens with zero attached hydrogens (tertiary/aromatic N) is 2. The number of ether oxygens (including phenoxy) is 1. The molecular formula is C25H19Cl2N3O5. The Kier molecular flexibility index (Phi) is 5.57. The molecule has 1 aliphatic rings. The van der Waals surface area contributed by atoms with Gasteiger partial charge >= 0.3 is 5.91 Å². The van der Waals surface area contributed by atoms with Gasteiger partial charge in [0.25, 0.3) is 5.78 Å². The van der Waals surface area contributed by atoms with Gasteiger partial charge in [0.2, 0.25) is 5.95 Å². The molecule has 10 heteroatoms. The average molecular weight is 512 g/mol. The number of fused-ring (bicyclic) bond motifs is 1. The van der Waals surface area contributed by atoms with Gasteiger partial charge in [-0.2, -0.15) is 0 Å². The number of anilines is 1. The number of benzene rings is 2. The third kappa shape index (κ3) is 3.75. The fourth-order valence-electron chi connectivity index (χ4n) is 4.19. The topological polar surface area (TPSA) is 109 Å². The molecule has 3 heterocycles. The zero-order valence-corrected chi connectivity index (χ0v) is 20.4. The van der Waals surface area contributed by atoms with Crippen LogP contribution >= 0.6 is 23.2 Å². The molecule has 1 fully saturated rings. The Hall–Kier alpha value is -3.75. The van der Waals surface area contributed by atoms with Crippen molar-refractivity contribution < 1.29 is 23.8 Å². The van der Waals surface area contributed by atoms with E-state index in [2.05, 4.69) is 9.97 Å². The number of aromatic nitrogens is 2. The zero-order valence-electron chi connectivity index (χ0n) is 18.8. The number of Topliss-reactive ketones (excluding diaryl/α,β-unsaturated/α-hetero) is 1. The molecule has 4 aromatic rings. The van der Waals surface area contributed by atoms with Gasteiger partial charge < -0.3 is 19.2 Å². The standard InChI is InChI=1S/C25H19Cl2N3O5/c1-11-4-6-16-17(8-11)29-25(28-16)30-20(18-7-5-12(2)35-18)19(22(32)24(30)33)21(31)13-9-14(26)23(34-3)15(27)10-13/h4-10,20,31H,1-3H3,(H,28,29)/b21-19+. The van der Waals surface area contributed by atoms with E-state index in [4.69, 9.17) is 32.4 Å². The van der Waals surface area contributed by atoms with Crippen molar-refractivity contribution in [3.63, 3.8) is 0 Å². The maximum atomic E-state index is 13.3. The highest BCUT2D eigenvalue weighted by atomic mass is 35.5. The minimum atomic E-state index is -1.08. The Morgan fingerprint density at radius 1 is 1.11 bits per heavy atom. The van der Waals surface area contributed by atoms with Crippen molar-refractivity contribution >= 4 is 57.6 Å². The van der Waals surface area contributed by atoms with E-state index in [0.717, 1.165) is 5.56 Å². The predicted octanol–water partition coefficient (Wildman–Crippen LogP) is 5.71. The maximum Gasteiger partial charge on any atom is 0.302 e. The molecule has 1 aliphatic heterocycles. The number of ketones is 1. The van der Waals surface area contributed by atoms with Gasteiger partial charge in [0.05, 0.1) is 33.8 Å². The summed E-state index contributed by atoms with van der Waals surface area (Å²) in [5, 5.41) is 11.5. The quantitative estimate of drug-likeness (QED) is 0.206. The van der Waals surface area contributed by atoms with Crippen molar-refractivity contribution in [1.82, 2.24) is 9.97 Å². The summed E-state index contributed by atoms with van der Waals surface area (Å²) in [4.78, 5) is 35.4. The zero-order chi connectivity index (χ0) is 25.0. The number of aliphatic hydroxyl groups is 1. The first-order valence-electron chi connectivity index (χ1n) is 10.6. The molecule has 1 amide bonds. The van der Waals surface area contributed by atoms with E-state index in [1.807, 2.05) is 25.1 Å². The van der Waals surface area contributed by atoms with E-state index in [-0.39, 0.29) is 38.6 Å². The number of methoxy groups -OCH3 is 1. The number of carbonyl (C=O) groups is 2. The van der Waals surface area contributed by atoms with Gasteiger partial charge in [0, 0.05) is 5.56 Å². The van der Waals surface area contributed by atoms with Crippen LogP contribution in [0.25, 0.3) is 16.8 Å². The van der Waals surface area contributed by atoms with Crippen molar-refractivity contribution in [2.45, 2.75) is 19.9 Å². The lowest BCUT2D eigenvalue weighted by atomic mass is 9.99. The molecule has 2 aromatic heterocycles. The Morgan fingerprint density at radius 3 is 2.46 bits per heavy atom. The Labute approximate surface area is 209 Å². The van der Waals surface area contributed by atoms with Gasteiger partial charge in [-0.05, 0) is 55.8 Å². The molecule has 1 saturated heterocycles. The molecule has 0 radical (unpaired) electrons. The highest BCUT2D eigenvalue weighted by Gasteiger charge is 2.49. The molecular weight excluding hydrogens is 493 g/mol. The lowest BCUT2D eigenvalue weighted by Gasteiger charge is -2.20. The number of nitrogens with one attached hydrogen (secondary N) is 1. The lowest BCUT2D eigenvalue weighted by Crippen LogP contribution is -2.30. The molecule has 8 nitrogen and oxygen atoms in total. The third-order valence-electron chi connectivity index (χ3n) is 5.80. The molecule has 2 N–H and O–H groups in total. The van der Waals surface area contributed by atoms with Crippen molar-refractivity contribution in [3.05, 3.63) is 80.7 Å². The number of hydrogen-bond donors (Lipinski definition) is 2. The van der Waals surface area contributed by atoms with Crippen LogP contribution in [0, 0.1) is 13.8 Å². The summed E-state index contributed by atoms with van der Waals surface area (Å²) in [5.41, 5.74) is 2.28. The van der Waals surface area contributed by atoms with Crippen molar-refractivity contribution in [1.29, 1.82) is 0 Å². The first-order chi connectivity index (χ1) is 16.7. The smallest absolute Gasteiger partial charge is 0.302 e. The van der Waals surface area contributed by atoms with E-state index in [0.29, 0.717) is 16.8 Å². The summed E-state index contributed by atoms with van der Waals surface area (Å²) in [7, 11) is 1.41. The Bertz CT molecular complexity index is 1530. The molecule has 1 atom stereocenters. The van der Waals surface area contributed by atoms with Gasteiger partial charge in [-0.3, -0.25) is 14.5 Å². The van der Waals surface area contributed by atoms with Crippen LogP contribution in [0.4, 0.5) is 5.95 Å². The van der Waals surface area contributed by atoms with Crippen LogP contribution < -0.4 is 9.64 Å². The van der Waals surface area contributed by atoms with Crippen molar-refractivity contribution in [2.75, 3.05) is 12.0 Å². The van der Waals surface area contributed by atoms with Crippen molar-refractivity contribution in [3.8, 4) is 5.75 Å². The SMILES string of the molecule is COc1c(Cl)cc(/C(O)=C2\C(=O)C(=O)N(c3nc4ccc(C)cc4[nH]3)C2c2ccc(C)o2)cc1Cl. The lowest BCUT2D eigenvalue weighted by molar-refractivity contribution is -0.132. The van der Waals surface area contributed by atoms with Crippen LogP contribution in [-0.2, 0) is 9.59 Å². The fraction of sp³-hybridized carbons (Fsp3) is 0.160. The summed E-state index contributed by atoms with van der Waals surface area (Å²) < 4.78 is 11.0. The monoisotopic (exact) mass is 511 g/mol. The predicted molar refractivity (Wildman–Crippen MR) is 132 cm³/mol. The number of aryl methyl sites for hydroxylation is 2. The number of aliphatic hydroxyl groups excluding tert-OH is 1. The number of furan rings is 1. The fourth-order valence-corrected chi connectivity index (χ4v) is 4.83. The molecule has 1 unspecified atom stereocenters. The number of hydrogen-bond acceptors (Lipinski definition) is 6. The third-order valence-corrected chi connectivity index (χ3v) is 6.37. The molecule has 35 heavy (non-hydrogen) atoms. The van der Waals surface area contributed by atoms with Gasteiger partial charge in [0.15, 0.2) is 5.75 Å². The number of halogens is 2. The number of carbonyl (C=O) groups excluding carboxylic acids is 2. The minimum Gasteiger partial charge on any atom is -0.507 e. The second-order valence-corrected chi connectivity index (χ2v) is 8.99. The van der Waals surface area contributed by atoms with Crippen LogP contribution in [0.2, 0.25) is 10.0 Å². The van der Waals surface area contributed by atoms with E-state index < -0.39 is 23.5 Å². The summed E-state index contributed by atoms with van der Waals surface area (Å²) in [5.74, 6) is -0.999. The molecule has 0 spiro atoms. The first-order valence-corrected chi connectivity index (χ1v) is 11.3. The maximum absolute atomic E-state index is 13.3. The van der Waals surface area contributed by atoms with E-state index in [9.17, 15) is 14.7 Å². The average Bonchev–Trinajstić information content (AvgIpc) is 3.49. The van der Waals surface area contributed by atoms with Gasteiger partial charge in [-0.25, -0.2) is 4.98 Å². The second kappa shape index (κ2) is 8.48. The normalized spacial score (nSPS) is 17.5. The molecule has 0 bridgehead atoms. The minimum absolute atomic E-state index is 0.133. The number of aromatic amines is 1. The molecule has 2 aromatic carbocycles. The Morgan fingerprint density at radius 2 is 1.83 bits per heavy atom. The van der Waals surface area contributed by atoms with Crippen LogP contribution in [0.5, 0.6) is 5.75 Å². The summed E-state index contributed by atoms with van der Waals surface area (Å²) in [6, 6.07) is 10.7. The largest absolute Gasteiger partial charge is 0.507 e. The highest BCUT2D eigenvalue weighted by molar-refractivity contribution is 6.51. The van der Waals surface area contributed by atoms with E-state index in [1.165, 1.54) is 24.1 Å². The van der Waals surface area contributed by atoms with E-state index >= 15 is 0 Å². The van der Waals surface area contributed by atoms with Gasteiger partial charge in [0.1, 0.15) is 23.3 Å². The van der Waals surface area contributed by atoms with Gasteiger partial charge in [-0.15, -0.1) is 0 Å². The number of rotatable bonds is 4. The van der Waals surface area contributed by atoms with Crippen LogP contribution in [0.1, 0.15) is 28.7 Å². The second-order valence-electron chi connectivity index (χ2n) is 8.17. The van der Waals surface area contributed by atoms with Crippen molar-refractivity contribution in [2.24, 2.45) is 0 Å². The molecule has 178 valence electrons. The van der Waals surface area contributed by atoms with Crippen LogP contribution in [0.15, 0.2) is 52.5 Å². The molecule has 5 rings (SSSR count). The number of amides is 1. The van der Waals surface area contributed by atoms with Crippen LogP contribution in [-0.4, -0.2) is 33.9 Å². The molecule has 0 aliphatic carbocycles. The number of H-pyrrole nitrogens is 1. The Balaban J connectivity index is 1.73. The van der Waals surface area contributed by atoms with E-state index in [1.54, 1.807) is 19.1 Å². The summed E-state index contributed by atoms with van der Waals surface area (Å²) in [6.07, 6.45) is 0. The van der Waals surface area contributed by atoms with Gasteiger partial charge in [-0.1, -0.05) is 29.3 Å². The van der Waals surface area contributed by atoms with Crippen LogP contribution in [0.3, 0.4) is 0 Å². The first kappa shape index (κ1) is 23.0. The summed E-state index contributed by atoms with van der Waals surface area (Å²) >= 11 is 12.5. The highest BCUT2D eigenvalue weighted by Crippen LogP contribution is 2.43. The summed E-state index contributed by atoms with van der Waals surface area (Å²) in [6.45, 7) is 3.67. The molecule has 0 saturated carbocycles. The number of imidazole rings is 1.